The zero-order valence-corrected chi connectivity index (χ0v) is 14.4. The van der Waals surface area contributed by atoms with Crippen LogP contribution in [0.1, 0.15) is 25.1 Å². The molecule has 0 atom stereocenters. The molecule has 0 amide bonds. The fraction of sp³-hybridized carbons (Fsp3) is 0.235. The van der Waals surface area contributed by atoms with E-state index in [0.717, 1.165) is 21.8 Å². The van der Waals surface area contributed by atoms with Crippen LogP contribution >= 0.6 is 11.3 Å². The summed E-state index contributed by atoms with van der Waals surface area (Å²) in [5, 5.41) is 2.67. The molecule has 24 heavy (non-hydrogen) atoms. The topological polar surface area (TPSA) is 47.9 Å². The maximum Gasteiger partial charge on any atom is 0.388 e. The van der Waals surface area contributed by atoms with Crippen LogP contribution in [0, 0.1) is 6.92 Å². The summed E-state index contributed by atoms with van der Waals surface area (Å²) in [6, 6.07) is 3.71. The van der Waals surface area contributed by atoms with Gasteiger partial charge in [-0.05, 0) is 30.7 Å². The van der Waals surface area contributed by atoms with Crippen LogP contribution in [0.4, 0.5) is 8.78 Å². The number of aryl methyl sites for hydroxylation is 1. The Hall–Kier alpha value is -2.41. The van der Waals surface area contributed by atoms with Gasteiger partial charge in [0, 0.05) is 10.9 Å². The fourth-order valence-corrected chi connectivity index (χ4v) is 2.88. The summed E-state index contributed by atoms with van der Waals surface area (Å²) in [5.41, 5.74) is 3.60. The Balaban J connectivity index is 0.00000100. The molecule has 3 rings (SSSR count). The van der Waals surface area contributed by atoms with Crippen molar-refractivity contribution in [3.63, 3.8) is 0 Å². The molecule has 3 aromatic rings. The summed E-state index contributed by atoms with van der Waals surface area (Å²) >= 11 is 1.46. The minimum atomic E-state index is -2.93. The quantitative estimate of drug-likeness (QED) is 0.638. The lowest BCUT2D eigenvalue weighted by atomic mass is 10.1. The van der Waals surface area contributed by atoms with E-state index in [-0.39, 0.29) is 5.88 Å². The zero-order chi connectivity index (χ0) is 17.7. The van der Waals surface area contributed by atoms with E-state index in [2.05, 4.69) is 26.3 Å². The largest absolute Gasteiger partial charge is 0.415 e. The number of ether oxygens (including phenoxy) is 1. The van der Waals surface area contributed by atoms with E-state index in [9.17, 15) is 8.78 Å². The summed E-state index contributed by atoms with van der Waals surface area (Å²) in [4.78, 5) is 12.7. The third kappa shape index (κ3) is 3.91. The van der Waals surface area contributed by atoms with Crippen LogP contribution in [-0.4, -0.2) is 21.6 Å². The first-order valence-electron chi connectivity index (χ1n) is 7.37. The number of nitrogens with zero attached hydrogens (tertiary/aromatic N) is 3. The summed E-state index contributed by atoms with van der Waals surface area (Å²) in [7, 11) is 0. The van der Waals surface area contributed by atoms with Crippen LogP contribution in [0.15, 0.2) is 30.3 Å². The average Bonchev–Trinajstić information content (AvgIpc) is 3.04. The summed E-state index contributed by atoms with van der Waals surface area (Å²) in [6.07, 6.45) is 2.85. The van der Waals surface area contributed by atoms with Gasteiger partial charge in [-0.15, -0.1) is 11.3 Å². The van der Waals surface area contributed by atoms with Gasteiger partial charge < -0.3 is 4.74 Å². The van der Waals surface area contributed by atoms with Gasteiger partial charge in [-0.1, -0.05) is 20.4 Å². The van der Waals surface area contributed by atoms with Gasteiger partial charge in [0.25, 0.3) is 0 Å². The van der Waals surface area contributed by atoms with Gasteiger partial charge in [-0.25, -0.2) is 15.0 Å². The molecular formula is C17H17F2N3OS. The highest BCUT2D eigenvalue weighted by Gasteiger charge is 2.13. The Bertz CT molecular complexity index is 849. The van der Waals surface area contributed by atoms with Gasteiger partial charge in [-0.3, -0.25) is 0 Å². The van der Waals surface area contributed by atoms with E-state index < -0.39 is 6.61 Å². The normalized spacial score (nSPS) is 10.4. The Morgan fingerprint density at radius 3 is 2.62 bits per heavy atom. The van der Waals surface area contributed by atoms with E-state index in [1.807, 2.05) is 32.2 Å². The highest BCUT2D eigenvalue weighted by molar-refractivity contribution is 7.13. The average molecular weight is 349 g/mol. The predicted octanol–water partition coefficient (Wildman–Crippen LogP) is 5.33. The van der Waals surface area contributed by atoms with Gasteiger partial charge in [-0.2, -0.15) is 8.78 Å². The molecule has 0 aliphatic rings. The fourth-order valence-electron chi connectivity index (χ4n) is 2.06. The van der Waals surface area contributed by atoms with Crippen molar-refractivity contribution in [1.82, 2.24) is 15.0 Å². The van der Waals surface area contributed by atoms with Crippen molar-refractivity contribution >= 4 is 28.4 Å². The van der Waals surface area contributed by atoms with Crippen LogP contribution in [-0.2, 0) is 0 Å². The molecule has 4 nitrogen and oxygen atoms in total. The third-order valence-corrected chi connectivity index (χ3v) is 3.83. The van der Waals surface area contributed by atoms with Crippen LogP contribution in [0.25, 0.3) is 27.7 Å². The second-order valence-corrected chi connectivity index (χ2v) is 5.41. The Labute approximate surface area is 142 Å². The van der Waals surface area contributed by atoms with Crippen LogP contribution in [0.5, 0.6) is 5.88 Å². The predicted molar refractivity (Wildman–Crippen MR) is 93.5 cm³/mol. The molecule has 0 N–H and O–H groups in total. The molecule has 0 saturated carbocycles. The van der Waals surface area contributed by atoms with E-state index in [1.54, 1.807) is 12.1 Å². The number of benzene rings is 1. The molecular weight excluding hydrogens is 332 g/mol. The minimum absolute atomic E-state index is 0.204. The van der Waals surface area contributed by atoms with Crippen molar-refractivity contribution in [2.75, 3.05) is 0 Å². The number of hydrogen-bond donors (Lipinski definition) is 0. The van der Waals surface area contributed by atoms with Crippen LogP contribution in [0.2, 0.25) is 0 Å². The number of fused-ring (bicyclic) bond motifs is 1. The second kappa shape index (κ2) is 7.92. The number of halogens is 2. The molecule has 126 valence electrons. The lowest BCUT2D eigenvalue weighted by Crippen LogP contribution is -2.04. The molecule has 1 aromatic carbocycles. The minimum Gasteiger partial charge on any atom is -0.415 e. The highest BCUT2D eigenvalue weighted by Crippen LogP contribution is 2.31. The number of aromatic nitrogens is 3. The standard InChI is InChI=1S/C15H11F2N3OS.C2H6/c1-3-9-7-22-14(19-9)10-4-8(2)5-11-13(10)18-6-12(20-11)21-15(16)17;1-2/h3-7,15H,1H2,2H3;1-2H3. The SMILES string of the molecule is C=Cc1csc(-c2cc(C)cc3nc(OC(F)F)cnc23)n1.CC. The highest BCUT2D eigenvalue weighted by atomic mass is 32.1. The smallest absolute Gasteiger partial charge is 0.388 e. The summed E-state index contributed by atoms with van der Waals surface area (Å²) in [5.74, 6) is -0.204. The lowest BCUT2D eigenvalue weighted by Gasteiger charge is -2.07. The zero-order valence-electron chi connectivity index (χ0n) is 13.6. The molecule has 2 heterocycles. The van der Waals surface area contributed by atoms with Crippen molar-refractivity contribution in [2.24, 2.45) is 0 Å². The second-order valence-electron chi connectivity index (χ2n) is 4.55. The molecule has 0 aliphatic heterocycles. The molecule has 0 bridgehead atoms. The maximum absolute atomic E-state index is 12.3. The van der Waals surface area contributed by atoms with E-state index in [1.165, 1.54) is 17.5 Å². The van der Waals surface area contributed by atoms with Crippen LogP contribution < -0.4 is 4.74 Å². The van der Waals surface area contributed by atoms with Crippen molar-refractivity contribution in [3.05, 3.63) is 41.5 Å². The van der Waals surface area contributed by atoms with Gasteiger partial charge in [0.2, 0.25) is 5.88 Å². The summed E-state index contributed by atoms with van der Waals surface area (Å²) in [6.45, 7) is 6.66. The first-order chi connectivity index (χ1) is 11.6. The molecule has 0 aliphatic carbocycles. The first kappa shape index (κ1) is 17.9. The molecule has 7 heteroatoms. The van der Waals surface area contributed by atoms with Crippen molar-refractivity contribution in [3.8, 4) is 16.5 Å². The van der Waals surface area contributed by atoms with Crippen molar-refractivity contribution in [2.45, 2.75) is 27.4 Å². The lowest BCUT2D eigenvalue weighted by molar-refractivity contribution is -0.0528. The van der Waals surface area contributed by atoms with Gasteiger partial charge >= 0.3 is 6.61 Å². The molecule has 0 spiro atoms. The Morgan fingerprint density at radius 1 is 1.25 bits per heavy atom. The van der Waals surface area contributed by atoms with Crippen LogP contribution in [0.3, 0.4) is 0 Å². The third-order valence-electron chi connectivity index (χ3n) is 2.94. The molecule has 0 saturated heterocycles. The maximum atomic E-state index is 12.3. The molecule has 2 aromatic heterocycles. The number of hydrogen-bond acceptors (Lipinski definition) is 5. The Kier molecular flexibility index (Phi) is 5.92. The van der Waals surface area contributed by atoms with E-state index in [4.69, 9.17) is 0 Å². The number of rotatable bonds is 4. The van der Waals surface area contributed by atoms with Crippen molar-refractivity contribution in [1.29, 1.82) is 0 Å². The van der Waals surface area contributed by atoms with Gasteiger partial charge in [0.1, 0.15) is 5.01 Å². The van der Waals surface area contributed by atoms with Crippen molar-refractivity contribution < 1.29 is 13.5 Å². The molecule has 0 radical (unpaired) electrons. The molecule has 0 fully saturated rings. The number of alkyl halides is 2. The van der Waals surface area contributed by atoms with E-state index in [0.29, 0.717) is 11.0 Å². The number of thiazole rings is 1. The van der Waals surface area contributed by atoms with Gasteiger partial charge in [0.05, 0.1) is 22.9 Å². The van der Waals surface area contributed by atoms with Gasteiger partial charge in [0.15, 0.2) is 0 Å². The monoisotopic (exact) mass is 349 g/mol. The Morgan fingerprint density at radius 2 is 2.00 bits per heavy atom. The van der Waals surface area contributed by atoms with E-state index >= 15 is 0 Å². The molecule has 0 unspecified atom stereocenters. The summed E-state index contributed by atoms with van der Waals surface area (Å²) < 4.78 is 28.9. The first-order valence-corrected chi connectivity index (χ1v) is 8.25.